The summed E-state index contributed by atoms with van der Waals surface area (Å²) in [5, 5.41) is 7.94. The summed E-state index contributed by atoms with van der Waals surface area (Å²) < 4.78 is 2.28. The predicted molar refractivity (Wildman–Crippen MR) is 202 cm³/mol. The Morgan fingerprint density at radius 1 is 0.458 bits per heavy atom. The number of hydrogen-bond acceptors (Lipinski definition) is 1. The molecule has 0 N–H and O–H groups in total. The SMILES string of the molecule is CC1(C)c2c(cc(-c3ccc(-n4c(-c5ccccc5)nc5ccccc54)cc3)c3ccccc23)-c2c1c1ccccc1c1ccccc21. The molecule has 0 fully saturated rings. The third-order valence-electron chi connectivity index (χ3n) is 10.5. The molecule has 0 bridgehead atoms. The van der Waals surface area contributed by atoms with Gasteiger partial charge in [-0.25, -0.2) is 4.98 Å². The van der Waals surface area contributed by atoms with Crippen LogP contribution in [-0.2, 0) is 5.41 Å². The van der Waals surface area contributed by atoms with Crippen LogP contribution in [0.15, 0.2) is 158 Å². The fourth-order valence-corrected chi connectivity index (χ4v) is 8.54. The minimum Gasteiger partial charge on any atom is -0.292 e. The monoisotopic (exact) mass is 612 g/mol. The fraction of sp³-hybridized carbons (Fsp3) is 0.0652. The number of fused-ring (bicyclic) bond motifs is 11. The summed E-state index contributed by atoms with van der Waals surface area (Å²) in [5.74, 6) is 0.950. The zero-order valence-corrected chi connectivity index (χ0v) is 26.9. The zero-order chi connectivity index (χ0) is 32.0. The molecule has 1 heterocycles. The van der Waals surface area contributed by atoms with Crippen LogP contribution in [0, 0.1) is 0 Å². The molecule has 9 aromatic rings. The molecule has 0 aliphatic heterocycles. The van der Waals surface area contributed by atoms with Crippen LogP contribution in [0.4, 0.5) is 0 Å². The molecule has 1 aliphatic rings. The zero-order valence-electron chi connectivity index (χ0n) is 26.9. The lowest BCUT2D eigenvalue weighted by Gasteiger charge is -2.25. The quantitative estimate of drug-likeness (QED) is 0.182. The largest absolute Gasteiger partial charge is 0.292 e. The first-order valence-corrected chi connectivity index (χ1v) is 16.7. The Bertz CT molecular complexity index is 2730. The van der Waals surface area contributed by atoms with E-state index in [0.717, 1.165) is 28.1 Å². The van der Waals surface area contributed by atoms with E-state index in [0.29, 0.717) is 0 Å². The van der Waals surface area contributed by atoms with Crippen molar-refractivity contribution in [2.75, 3.05) is 0 Å². The Balaban J connectivity index is 1.22. The van der Waals surface area contributed by atoms with Gasteiger partial charge in [0.2, 0.25) is 0 Å². The van der Waals surface area contributed by atoms with Crippen molar-refractivity contribution >= 4 is 43.4 Å². The van der Waals surface area contributed by atoms with E-state index in [1.807, 2.05) is 0 Å². The Hall–Kier alpha value is -5.99. The first kappa shape index (κ1) is 27.2. The lowest BCUT2D eigenvalue weighted by molar-refractivity contribution is 0.672. The molecule has 1 aromatic heterocycles. The van der Waals surface area contributed by atoms with Crippen molar-refractivity contribution < 1.29 is 0 Å². The number of aromatic nitrogens is 2. The third-order valence-corrected chi connectivity index (χ3v) is 10.5. The summed E-state index contributed by atoms with van der Waals surface area (Å²) in [7, 11) is 0. The van der Waals surface area contributed by atoms with Crippen molar-refractivity contribution in [3.8, 4) is 39.3 Å². The number of nitrogens with zero attached hydrogens (tertiary/aromatic N) is 2. The van der Waals surface area contributed by atoms with Gasteiger partial charge in [-0.05, 0) is 96.0 Å². The van der Waals surface area contributed by atoms with Crippen molar-refractivity contribution in [1.82, 2.24) is 9.55 Å². The number of benzene rings is 8. The molecule has 0 saturated heterocycles. The second kappa shape index (κ2) is 10.0. The van der Waals surface area contributed by atoms with Crippen LogP contribution in [0.1, 0.15) is 25.0 Å². The second-order valence-electron chi connectivity index (χ2n) is 13.5. The number of imidazole rings is 1. The van der Waals surface area contributed by atoms with E-state index in [2.05, 4.69) is 176 Å². The van der Waals surface area contributed by atoms with Crippen LogP contribution in [0.3, 0.4) is 0 Å². The summed E-state index contributed by atoms with van der Waals surface area (Å²) in [6.45, 7) is 4.83. The first-order chi connectivity index (χ1) is 23.6. The molecule has 226 valence electrons. The maximum absolute atomic E-state index is 5.06. The topological polar surface area (TPSA) is 17.8 Å². The van der Waals surface area contributed by atoms with Crippen LogP contribution in [-0.4, -0.2) is 9.55 Å². The first-order valence-electron chi connectivity index (χ1n) is 16.7. The molecular formula is C46H32N2. The number of para-hydroxylation sites is 2. The van der Waals surface area contributed by atoms with Crippen LogP contribution < -0.4 is 0 Å². The van der Waals surface area contributed by atoms with Gasteiger partial charge in [0.05, 0.1) is 11.0 Å². The molecule has 2 nitrogen and oxygen atoms in total. The van der Waals surface area contributed by atoms with Gasteiger partial charge in [-0.3, -0.25) is 4.57 Å². The maximum atomic E-state index is 5.06. The van der Waals surface area contributed by atoms with Crippen LogP contribution >= 0.6 is 0 Å². The lowest BCUT2D eigenvalue weighted by Crippen LogP contribution is -2.16. The summed E-state index contributed by atoms with van der Waals surface area (Å²) in [5.41, 5.74) is 12.2. The molecule has 0 spiro atoms. The van der Waals surface area contributed by atoms with Gasteiger partial charge >= 0.3 is 0 Å². The van der Waals surface area contributed by atoms with Crippen molar-refractivity contribution in [2.24, 2.45) is 0 Å². The predicted octanol–water partition coefficient (Wildman–Crippen LogP) is 12.1. The Morgan fingerprint density at radius 3 is 1.75 bits per heavy atom. The van der Waals surface area contributed by atoms with Crippen molar-refractivity contribution in [1.29, 1.82) is 0 Å². The Labute approximate surface area is 279 Å². The number of hydrogen-bond donors (Lipinski definition) is 0. The van der Waals surface area contributed by atoms with Crippen LogP contribution in [0.25, 0.3) is 82.7 Å². The maximum Gasteiger partial charge on any atom is 0.145 e. The van der Waals surface area contributed by atoms with E-state index in [4.69, 9.17) is 4.98 Å². The van der Waals surface area contributed by atoms with E-state index < -0.39 is 0 Å². The highest BCUT2D eigenvalue weighted by molar-refractivity contribution is 6.20. The van der Waals surface area contributed by atoms with Crippen LogP contribution in [0.2, 0.25) is 0 Å². The van der Waals surface area contributed by atoms with Gasteiger partial charge in [-0.2, -0.15) is 0 Å². The highest BCUT2D eigenvalue weighted by Gasteiger charge is 2.40. The normalized spacial score (nSPS) is 13.4. The van der Waals surface area contributed by atoms with E-state index in [-0.39, 0.29) is 5.41 Å². The summed E-state index contributed by atoms with van der Waals surface area (Å²) >= 11 is 0. The smallest absolute Gasteiger partial charge is 0.145 e. The van der Waals surface area contributed by atoms with Crippen molar-refractivity contribution in [3.05, 3.63) is 169 Å². The van der Waals surface area contributed by atoms with Crippen molar-refractivity contribution in [3.63, 3.8) is 0 Å². The average Bonchev–Trinajstić information content (AvgIpc) is 3.65. The van der Waals surface area contributed by atoms with Gasteiger partial charge in [-0.1, -0.05) is 141 Å². The second-order valence-corrected chi connectivity index (χ2v) is 13.5. The molecule has 0 radical (unpaired) electrons. The molecule has 0 unspecified atom stereocenters. The Kier molecular flexibility index (Phi) is 5.66. The van der Waals surface area contributed by atoms with E-state index in [1.165, 1.54) is 65.7 Å². The molecule has 8 aromatic carbocycles. The standard InChI is InChI=1S/C46H32N2/c1-46(2)43-36-20-10-8-18-34(36)38(28-39(43)42-35-19-9-6-16-32(35)33-17-7-11-21-37(33)44(42)46)29-24-26-31(27-25-29)48-41-23-13-12-22-40(41)47-45(48)30-14-4-3-5-15-30/h3-28H,1-2H3. The molecule has 10 rings (SSSR count). The highest BCUT2D eigenvalue weighted by Crippen LogP contribution is 2.57. The molecule has 0 atom stereocenters. The van der Waals surface area contributed by atoms with Gasteiger partial charge in [0.25, 0.3) is 0 Å². The van der Waals surface area contributed by atoms with E-state index in [9.17, 15) is 0 Å². The minimum atomic E-state index is -0.160. The van der Waals surface area contributed by atoms with Crippen molar-refractivity contribution in [2.45, 2.75) is 19.3 Å². The molecule has 0 saturated carbocycles. The van der Waals surface area contributed by atoms with Gasteiger partial charge in [0.15, 0.2) is 0 Å². The molecule has 2 heteroatoms. The molecule has 48 heavy (non-hydrogen) atoms. The summed E-state index contributed by atoms with van der Waals surface area (Å²) in [6.07, 6.45) is 0. The van der Waals surface area contributed by atoms with Gasteiger partial charge in [-0.15, -0.1) is 0 Å². The fourth-order valence-electron chi connectivity index (χ4n) is 8.54. The van der Waals surface area contributed by atoms with E-state index in [1.54, 1.807) is 0 Å². The van der Waals surface area contributed by atoms with Gasteiger partial charge in [0, 0.05) is 16.7 Å². The average molecular weight is 613 g/mol. The summed E-state index contributed by atoms with van der Waals surface area (Å²) in [6, 6.07) is 57.3. The molecule has 1 aliphatic carbocycles. The lowest BCUT2D eigenvalue weighted by atomic mass is 9.77. The molecular weight excluding hydrogens is 581 g/mol. The number of rotatable bonds is 3. The van der Waals surface area contributed by atoms with E-state index >= 15 is 0 Å². The Morgan fingerprint density at radius 2 is 1.02 bits per heavy atom. The van der Waals surface area contributed by atoms with Crippen LogP contribution in [0.5, 0.6) is 0 Å². The third kappa shape index (κ3) is 3.72. The minimum absolute atomic E-state index is 0.160. The molecule has 0 amide bonds. The van der Waals surface area contributed by atoms with Gasteiger partial charge < -0.3 is 0 Å². The summed E-state index contributed by atoms with van der Waals surface area (Å²) in [4.78, 5) is 5.06. The van der Waals surface area contributed by atoms with Gasteiger partial charge in [0.1, 0.15) is 5.82 Å². The highest BCUT2D eigenvalue weighted by atomic mass is 15.1.